The van der Waals surface area contributed by atoms with E-state index in [1.54, 1.807) is 25.1 Å². The first-order valence-electron chi connectivity index (χ1n) is 10.4. The molecule has 1 aromatic rings. The minimum atomic E-state index is -0.808. The van der Waals surface area contributed by atoms with Gasteiger partial charge >= 0.3 is 5.97 Å². The molecule has 1 unspecified atom stereocenters. The number of amides is 1. The average molecular weight is 403 g/mol. The van der Waals surface area contributed by atoms with Gasteiger partial charge in [0.2, 0.25) is 0 Å². The first-order chi connectivity index (χ1) is 14.0. The number of nitrogens with one attached hydrogen (secondary N) is 1. The van der Waals surface area contributed by atoms with Gasteiger partial charge in [0, 0.05) is 25.2 Å². The summed E-state index contributed by atoms with van der Waals surface area (Å²) < 4.78 is 5.42. The van der Waals surface area contributed by atoms with Crippen molar-refractivity contribution in [3.8, 4) is 0 Å². The second kappa shape index (κ2) is 9.71. The van der Waals surface area contributed by atoms with Crippen molar-refractivity contribution < 1.29 is 19.2 Å². The van der Waals surface area contributed by atoms with Crippen molar-refractivity contribution >= 4 is 23.3 Å². The zero-order chi connectivity index (χ0) is 20.8. The van der Waals surface area contributed by atoms with Crippen LogP contribution in [0.2, 0.25) is 0 Å². The van der Waals surface area contributed by atoms with Gasteiger partial charge < -0.3 is 15.0 Å². The van der Waals surface area contributed by atoms with Gasteiger partial charge in [0.15, 0.2) is 6.10 Å². The van der Waals surface area contributed by atoms with E-state index in [0.717, 1.165) is 25.7 Å². The summed E-state index contributed by atoms with van der Waals surface area (Å²) in [6, 6.07) is 6.82. The van der Waals surface area contributed by atoms with E-state index in [0.29, 0.717) is 31.6 Å². The Morgan fingerprint density at radius 3 is 2.45 bits per heavy atom. The fourth-order valence-electron chi connectivity index (χ4n) is 4.13. The van der Waals surface area contributed by atoms with E-state index < -0.39 is 6.10 Å². The highest BCUT2D eigenvalue weighted by Gasteiger charge is 2.31. The maximum absolute atomic E-state index is 12.5. The molecular weight excluding hydrogens is 374 g/mol. The first-order valence-corrected chi connectivity index (χ1v) is 10.4. The summed E-state index contributed by atoms with van der Waals surface area (Å²) in [6.45, 7) is 2.68. The second-order valence-electron chi connectivity index (χ2n) is 7.93. The summed E-state index contributed by atoms with van der Waals surface area (Å²) in [4.78, 5) is 37.6. The number of para-hydroxylation sites is 2. The number of ether oxygens (including phenoxy) is 1. The lowest BCUT2D eigenvalue weighted by atomic mass is 9.95. The van der Waals surface area contributed by atoms with Crippen LogP contribution in [0.5, 0.6) is 0 Å². The van der Waals surface area contributed by atoms with Crippen LogP contribution in [0.4, 0.5) is 11.4 Å². The van der Waals surface area contributed by atoms with Crippen LogP contribution in [0.3, 0.4) is 0 Å². The molecule has 8 heteroatoms. The highest BCUT2D eigenvalue weighted by atomic mass is 16.6. The van der Waals surface area contributed by atoms with Gasteiger partial charge in [-0.2, -0.15) is 0 Å². The molecule has 0 radical (unpaired) electrons. The minimum Gasteiger partial charge on any atom is -0.452 e. The number of nitro benzene ring substituents is 1. The first kappa shape index (κ1) is 21.1. The van der Waals surface area contributed by atoms with Crippen molar-refractivity contribution in [2.24, 2.45) is 5.92 Å². The zero-order valence-corrected chi connectivity index (χ0v) is 16.8. The van der Waals surface area contributed by atoms with Crippen molar-refractivity contribution in [3.05, 3.63) is 34.4 Å². The minimum absolute atomic E-state index is 0.0709. The summed E-state index contributed by atoms with van der Waals surface area (Å²) >= 11 is 0. The number of hydrogen-bond acceptors (Lipinski definition) is 6. The molecular formula is C21H29N3O5. The number of piperidine rings is 1. The smallest absolute Gasteiger partial charge is 0.309 e. The molecule has 1 aliphatic heterocycles. The molecule has 1 saturated carbocycles. The molecule has 1 aliphatic carbocycles. The molecule has 1 amide bonds. The Hall–Kier alpha value is -2.64. The molecule has 158 valence electrons. The summed E-state index contributed by atoms with van der Waals surface area (Å²) in [5, 5.41) is 14.2. The third-order valence-corrected chi connectivity index (χ3v) is 5.86. The van der Waals surface area contributed by atoms with Crippen LogP contribution in [0.1, 0.15) is 51.9 Å². The number of rotatable bonds is 6. The number of hydrogen-bond donors (Lipinski definition) is 1. The maximum atomic E-state index is 12.5. The number of anilines is 1. The lowest BCUT2D eigenvalue weighted by Gasteiger charge is -2.32. The topological polar surface area (TPSA) is 102 Å². The van der Waals surface area contributed by atoms with Crippen LogP contribution >= 0.6 is 0 Å². The molecule has 0 spiro atoms. The maximum Gasteiger partial charge on any atom is 0.309 e. The molecule has 8 nitrogen and oxygen atoms in total. The van der Waals surface area contributed by atoms with E-state index in [1.807, 2.05) is 4.90 Å². The van der Waals surface area contributed by atoms with Crippen molar-refractivity contribution in [3.63, 3.8) is 0 Å². The van der Waals surface area contributed by atoms with Crippen LogP contribution in [-0.4, -0.2) is 42.0 Å². The molecule has 1 N–H and O–H groups in total. The molecule has 1 heterocycles. The van der Waals surface area contributed by atoms with E-state index >= 15 is 0 Å². The van der Waals surface area contributed by atoms with Gasteiger partial charge in [0.1, 0.15) is 5.69 Å². The van der Waals surface area contributed by atoms with Crippen LogP contribution in [0, 0.1) is 16.0 Å². The van der Waals surface area contributed by atoms with Crippen molar-refractivity contribution in [1.82, 2.24) is 5.32 Å². The summed E-state index contributed by atoms with van der Waals surface area (Å²) in [7, 11) is 0. The normalized spacial score (nSPS) is 19.4. The fourth-order valence-corrected chi connectivity index (χ4v) is 4.13. The molecule has 29 heavy (non-hydrogen) atoms. The predicted molar refractivity (Wildman–Crippen MR) is 109 cm³/mol. The number of nitro groups is 1. The van der Waals surface area contributed by atoms with E-state index in [4.69, 9.17) is 4.74 Å². The summed E-state index contributed by atoms with van der Waals surface area (Å²) in [5.74, 6) is -0.889. The fraction of sp³-hybridized carbons (Fsp3) is 0.619. The standard InChI is InChI=1S/C21H29N3O5/c1-15(20(25)22-17-7-3-2-4-8-17)29-21(26)16-11-13-23(14-12-16)18-9-5-6-10-19(18)24(27)28/h5-6,9-10,15-17H,2-4,7-8,11-14H2,1H3,(H,22,25). The monoisotopic (exact) mass is 403 g/mol. The van der Waals surface area contributed by atoms with E-state index in [1.165, 1.54) is 12.5 Å². The average Bonchev–Trinajstić information content (AvgIpc) is 2.74. The largest absolute Gasteiger partial charge is 0.452 e. The van der Waals surface area contributed by atoms with Crippen molar-refractivity contribution in [2.75, 3.05) is 18.0 Å². The molecule has 3 rings (SSSR count). The van der Waals surface area contributed by atoms with Gasteiger partial charge in [-0.15, -0.1) is 0 Å². The molecule has 2 aliphatic rings. The molecule has 1 aromatic carbocycles. The summed E-state index contributed by atoms with van der Waals surface area (Å²) in [5.41, 5.74) is 0.645. The third kappa shape index (κ3) is 5.46. The van der Waals surface area contributed by atoms with E-state index in [-0.39, 0.29) is 34.4 Å². The lowest BCUT2D eigenvalue weighted by molar-refractivity contribution is -0.384. The second-order valence-corrected chi connectivity index (χ2v) is 7.93. The van der Waals surface area contributed by atoms with Gasteiger partial charge in [-0.05, 0) is 38.7 Å². The third-order valence-electron chi connectivity index (χ3n) is 5.86. The number of benzene rings is 1. The predicted octanol–water partition coefficient (Wildman–Crippen LogP) is 3.19. The van der Waals surface area contributed by atoms with Crippen molar-refractivity contribution in [1.29, 1.82) is 0 Å². The van der Waals surface area contributed by atoms with Gasteiger partial charge in [-0.25, -0.2) is 0 Å². The highest BCUT2D eigenvalue weighted by molar-refractivity contribution is 5.84. The number of esters is 1. The van der Waals surface area contributed by atoms with Crippen LogP contribution in [-0.2, 0) is 14.3 Å². The molecule has 1 atom stereocenters. The molecule has 0 bridgehead atoms. The van der Waals surface area contributed by atoms with Gasteiger partial charge in [-0.3, -0.25) is 19.7 Å². The molecule has 2 fully saturated rings. The zero-order valence-electron chi connectivity index (χ0n) is 16.8. The van der Waals surface area contributed by atoms with Crippen LogP contribution in [0.15, 0.2) is 24.3 Å². The Kier molecular flexibility index (Phi) is 7.06. The quantitative estimate of drug-likeness (QED) is 0.445. The summed E-state index contributed by atoms with van der Waals surface area (Å²) in [6.07, 6.45) is 5.70. The molecule has 0 aromatic heterocycles. The molecule has 1 saturated heterocycles. The van der Waals surface area contributed by atoms with Crippen molar-refractivity contribution in [2.45, 2.75) is 64.0 Å². The Labute approximate surface area is 170 Å². The Morgan fingerprint density at radius 2 is 1.79 bits per heavy atom. The SMILES string of the molecule is CC(OC(=O)C1CCN(c2ccccc2[N+](=O)[O-])CC1)C(=O)NC1CCCCC1. The number of nitrogens with zero attached hydrogens (tertiary/aromatic N) is 2. The number of carbonyl (C=O) groups is 2. The van der Waals surface area contributed by atoms with Gasteiger partial charge in [0.25, 0.3) is 11.6 Å². The highest BCUT2D eigenvalue weighted by Crippen LogP contribution is 2.31. The lowest BCUT2D eigenvalue weighted by Crippen LogP contribution is -2.44. The van der Waals surface area contributed by atoms with E-state index in [2.05, 4.69) is 5.32 Å². The Bertz CT molecular complexity index is 740. The van der Waals surface area contributed by atoms with Crippen LogP contribution < -0.4 is 10.2 Å². The number of carbonyl (C=O) groups excluding carboxylic acids is 2. The Morgan fingerprint density at radius 1 is 1.14 bits per heavy atom. The van der Waals surface area contributed by atoms with Gasteiger partial charge in [0.05, 0.1) is 10.8 Å². The van der Waals surface area contributed by atoms with E-state index in [9.17, 15) is 19.7 Å². The van der Waals surface area contributed by atoms with Gasteiger partial charge in [-0.1, -0.05) is 31.4 Å². The Balaban J connectivity index is 1.48. The van der Waals surface area contributed by atoms with Crippen LogP contribution in [0.25, 0.3) is 0 Å².